The molecule has 0 aliphatic heterocycles. The van der Waals surface area contributed by atoms with Crippen molar-refractivity contribution in [2.45, 2.75) is 33.2 Å². The maximum absolute atomic E-state index is 11.6. The van der Waals surface area contributed by atoms with Crippen molar-refractivity contribution in [2.75, 3.05) is 24.4 Å². The van der Waals surface area contributed by atoms with Gasteiger partial charge < -0.3 is 15.4 Å². The number of anilines is 2. The van der Waals surface area contributed by atoms with Gasteiger partial charge in [-0.05, 0) is 30.7 Å². The van der Waals surface area contributed by atoms with E-state index in [0.29, 0.717) is 12.6 Å². The lowest BCUT2D eigenvalue weighted by atomic mass is 10.2. The van der Waals surface area contributed by atoms with Crippen LogP contribution in [-0.2, 0) is 9.53 Å². The summed E-state index contributed by atoms with van der Waals surface area (Å²) in [6, 6.07) is 8.05. The van der Waals surface area contributed by atoms with Crippen LogP contribution in [0.5, 0.6) is 0 Å². The summed E-state index contributed by atoms with van der Waals surface area (Å²) >= 11 is 0. The van der Waals surface area contributed by atoms with Crippen molar-refractivity contribution >= 4 is 17.3 Å². The van der Waals surface area contributed by atoms with E-state index in [1.54, 1.807) is 7.11 Å². The second-order valence-corrected chi connectivity index (χ2v) is 4.93. The molecule has 0 aliphatic rings. The fourth-order valence-electron chi connectivity index (χ4n) is 1.63. The van der Waals surface area contributed by atoms with Crippen LogP contribution >= 0.6 is 0 Å². The number of carbonyl (C=O) groups is 1. The molecule has 0 heterocycles. The molecule has 0 saturated heterocycles. The van der Waals surface area contributed by atoms with E-state index in [9.17, 15) is 4.79 Å². The Kier molecular flexibility index (Phi) is 6.36. The Morgan fingerprint density at radius 3 is 2.26 bits per heavy atom. The molecule has 0 bridgehead atoms. The largest absolute Gasteiger partial charge is 0.383 e. The number of hydrogen-bond donors (Lipinski definition) is 2. The summed E-state index contributed by atoms with van der Waals surface area (Å²) in [4.78, 5) is 11.6. The third-order valence-electron chi connectivity index (χ3n) is 2.91. The van der Waals surface area contributed by atoms with E-state index in [1.165, 1.54) is 0 Å². The third kappa shape index (κ3) is 5.30. The van der Waals surface area contributed by atoms with Crippen molar-refractivity contribution in [3.63, 3.8) is 0 Å². The smallest absolute Gasteiger partial charge is 0.226 e. The van der Waals surface area contributed by atoms with Crippen LogP contribution in [0.25, 0.3) is 0 Å². The van der Waals surface area contributed by atoms with Crippen molar-refractivity contribution in [3.05, 3.63) is 24.3 Å². The highest BCUT2D eigenvalue weighted by Crippen LogP contribution is 2.16. The molecular weight excluding hydrogens is 240 g/mol. The Bertz CT molecular complexity index is 388. The SMILES string of the molecule is CCC(COC)Nc1ccc(NC(=O)C(C)C)cc1. The molecule has 19 heavy (non-hydrogen) atoms. The van der Waals surface area contributed by atoms with Crippen LogP contribution in [0, 0.1) is 5.92 Å². The second-order valence-electron chi connectivity index (χ2n) is 4.93. The van der Waals surface area contributed by atoms with E-state index in [0.717, 1.165) is 17.8 Å². The van der Waals surface area contributed by atoms with Gasteiger partial charge in [0.1, 0.15) is 0 Å². The molecule has 0 aromatic heterocycles. The van der Waals surface area contributed by atoms with Crippen LogP contribution in [0.2, 0.25) is 0 Å². The molecule has 2 N–H and O–H groups in total. The van der Waals surface area contributed by atoms with Crippen LogP contribution < -0.4 is 10.6 Å². The zero-order chi connectivity index (χ0) is 14.3. The average Bonchev–Trinajstić information content (AvgIpc) is 2.40. The molecule has 1 unspecified atom stereocenters. The van der Waals surface area contributed by atoms with E-state index in [1.807, 2.05) is 38.1 Å². The van der Waals surface area contributed by atoms with Crippen molar-refractivity contribution in [2.24, 2.45) is 5.92 Å². The molecule has 1 rings (SSSR count). The fourth-order valence-corrected chi connectivity index (χ4v) is 1.63. The highest BCUT2D eigenvalue weighted by atomic mass is 16.5. The summed E-state index contributed by atoms with van der Waals surface area (Å²) in [6.45, 7) is 6.56. The summed E-state index contributed by atoms with van der Waals surface area (Å²) in [5.41, 5.74) is 1.86. The molecule has 1 amide bonds. The number of benzene rings is 1. The average molecular weight is 264 g/mol. The monoisotopic (exact) mass is 264 g/mol. The highest BCUT2D eigenvalue weighted by molar-refractivity contribution is 5.92. The maximum Gasteiger partial charge on any atom is 0.226 e. The lowest BCUT2D eigenvalue weighted by molar-refractivity contribution is -0.118. The number of rotatable bonds is 7. The zero-order valence-electron chi connectivity index (χ0n) is 12.2. The minimum atomic E-state index is -0.0102. The van der Waals surface area contributed by atoms with E-state index < -0.39 is 0 Å². The van der Waals surface area contributed by atoms with Gasteiger partial charge in [0.05, 0.1) is 6.61 Å². The molecule has 0 spiro atoms. The highest BCUT2D eigenvalue weighted by Gasteiger charge is 2.08. The van der Waals surface area contributed by atoms with E-state index in [2.05, 4.69) is 17.6 Å². The summed E-state index contributed by atoms with van der Waals surface area (Å²) in [5, 5.41) is 6.26. The van der Waals surface area contributed by atoms with Crippen molar-refractivity contribution < 1.29 is 9.53 Å². The zero-order valence-corrected chi connectivity index (χ0v) is 12.2. The Balaban J connectivity index is 2.58. The van der Waals surface area contributed by atoms with Gasteiger partial charge in [-0.1, -0.05) is 20.8 Å². The number of carbonyl (C=O) groups excluding carboxylic acids is 1. The van der Waals surface area contributed by atoms with Crippen LogP contribution in [0.4, 0.5) is 11.4 Å². The number of amides is 1. The molecule has 106 valence electrons. The first-order valence-electron chi connectivity index (χ1n) is 6.73. The molecule has 1 aromatic rings. The van der Waals surface area contributed by atoms with Crippen LogP contribution in [-0.4, -0.2) is 25.7 Å². The minimum absolute atomic E-state index is 0.0102. The summed E-state index contributed by atoms with van der Waals surface area (Å²) in [5.74, 6) is 0.0236. The number of hydrogen-bond acceptors (Lipinski definition) is 3. The quantitative estimate of drug-likeness (QED) is 0.795. The van der Waals surface area contributed by atoms with Crippen molar-refractivity contribution in [1.82, 2.24) is 0 Å². The first kappa shape index (κ1) is 15.5. The van der Waals surface area contributed by atoms with E-state index in [4.69, 9.17) is 4.74 Å². The topological polar surface area (TPSA) is 50.4 Å². The van der Waals surface area contributed by atoms with Gasteiger partial charge in [-0.3, -0.25) is 4.79 Å². The Morgan fingerprint density at radius 1 is 1.21 bits per heavy atom. The first-order chi connectivity index (χ1) is 9.06. The fraction of sp³-hybridized carbons (Fsp3) is 0.533. The van der Waals surface area contributed by atoms with Crippen molar-refractivity contribution in [3.8, 4) is 0 Å². The minimum Gasteiger partial charge on any atom is -0.383 e. The van der Waals surface area contributed by atoms with Gasteiger partial charge in [0.2, 0.25) is 5.91 Å². The maximum atomic E-state index is 11.6. The number of methoxy groups -OCH3 is 1. The van der Waals surface area contributed by atoms with Gasteiger partial charge in [0, 0.05) is 30.4 Å². The van der Waals surface area contributed by atoms with Crippen LogP contribution in [0.1, 0.15) is 27.2 Å². The molecule has 1 aromatic carbocycles. The number of ether oxygens (including phenoxy) is 1. The van der Waals surface area contributed by atoms with Gasteiger partial charge in [-0.15, -0.1) is 0 Å². The second kappa shape index (κ2) is 7.79. The Hall–Kier alpha value is -1.55. The number of nitrogens with one attached hydrogen (secondary N) is 2. The van der Waals surface area contributed by atoms with Crippen molar-refractivity contribution in [1.29, 1.82) is 0 Å². The molecule has 4 heteroatoms. The van der Waals surface area contributed by atoms with Gasteiger partial charge >= 0.3 is 0 Å². The van der Waals surface area contributed by atoms with Gasteiger partial charge in [0.15, 0.2) is 0 Å². The molecule has 1 atom stereocenters. The Morgan fingerprint density at radius 2 is 1.79 bits per heavy atom. The third-order valence-corrected chi connectivity index (χ3v) is 2.91. The summed E-state index contributed by atoms with van der Waals surface area (Å²) in [6.07, 6.45) is 1.000. The molecule has 4 nitrogen and oxygen atoms in total. The standard InChI is InChI=1S/C15H24N2O2/c1-5-12(10-19-4)16-13-6-8-14(9-7-13)17-15(18)11(2)3/h6-9,11-12,16H,5,10H2,1-4H3,(H,17,18). The predicted molar refractivity (Wildman–Crippen MR) is 79.5 cm³/mol. The Labute approximate surface area is 115 Å². The van der Waals surface area contributed by atoms with E-state index >= 15 is 0 Å². The summed E-state index contributed by atoms with van der Waals surface area (Å²) in [7, 11) is 1.70. The van der Waals surface area contributed by atoms with Crippen LogP contribution in [0.3, 0.4) is 0 Å². The first-order valence-corrected chi connectivity index (χ1v) is 6.73. The van der Waals surface area contributed by atoms with Crippen LogP contribution in [0.15, 0.2) is 24.3 Å². The molecule has 0 fully saturated rings. The lowest BCUT2D eigenvalue weighted by Crippen LogP contribution is -2.23. The normalized spacial score (nSPS) is 12.3. The molecular formula is C15H24N2O2. The molecule has 0 radical (unpaired) electrons. The summed E-state index contributed by atoms with van der Waals surface area (Å²) < 4.78 is 5.15. The molecule has 0 saturated carbocycles. The van der Waals surface area contributed by atoms with Gasteiger partial charge in [-0.25, -0.2) is 0 Å². The predicted octanol–water partition coefficient (Wildman–Crippen LogP) is 3.12. The van der Waals surface area contributed by atoms with Gasteiger partial charge in [-0.2, -0.15) is 0 Å². The molecule has 0 aliphatic carbocycles. The van der Waals surface area contributed by atoms with E-state index in [-0.39, 0.29) is 11.8 Å². The lowest BCUT2D eigenvalue weighted by Gasteiger charge is -2.17. The van der Waals surface area contributed by atoms with Gasteiger partial charge in [0.25, 0.3) is 0 Å².